The zero-order chi connectivity index (χ0) is 20.2. The van der Waals surface area contributed by atoms with Crippen molar-refractivity contribution in [2.45, 2.75) is 6.42 Å². The molecule has 148 valence electrons. The molecule has 4 rings (SSSR count). The summed E-state index contributed by atoms with van der Waals surface area (Å²) in [4.78, 5) is 27.0. The van der Waals surface area contributed by atoms with Crippen molar-refractivity contribution in [1.29, 1.82) is 0 Å². The Hall–Kier alpha value is -3.68. The molecule has 1 aliphatic rings. The van der Waals surface area contributed by atoms with Crippen LogP contribution in [-0.2, 0) is 11.2 Å². The molecule has 0 saturated heterocycles. The number of benzene rings is 1. The molecule has 0 spiro atoms. The van der Waals surface area contributed by atoms with Crippen LogP contribution >= 0.6 is 0 Å². The summed E-state index contributed by atoms with van der Waals surface area (Å²) >= 11 is 0. The number of carbonyl (C=O) groups excluding carboxylic acids is 1. The van der Waals surface area contributed by atoms with E-state index in [1.54, 1.807) is 31.6 Å². The lowest BCUT2D eigenvalue weighted by atomic mass is 10.0. The highest BCUT2D eigenvalue weighted by Gasteiger charge is 2.24. The molecule has 0 N–H and O–H groups in total. The van der Waals surface area contributed by atoms with Crippen LogP contribution in [0.15, 0.2) is 48.8 Å². The van der Waals surface area contributed by atoms with Crippen LogP contribution in [0.2, 0.25) is 0 Å². The monoisotopic (exact) mass is 392 g/mol. The van der Waals surface area contributed by atoms with Gasteiger partial charge in [0, 0.05) is 18.5 Å². The molecule has 8 nitrogen and oxygen atoms in total. The molecule has 1 aromatic carbocycles. The average molecular weight is 392 g/mol. The van der Waals surface area contributed by atoms with Crippen LogP contribution in [0.25, 0.3) is 0 Å². The molecule has 0 unspecified atom stereocenters. The van der Waals surface area contributed by atoms with E-state index in [1.165, 1.54) is 7.11 Å². The van der Waals surface area contributed by atoms with Gasteiger partial charge in [-0.05, 0) is 35.7 Å². The van der Waals surface area contributed by atoms with Crippen molar-refractivity contribution >= 4 is 17.7 Å². The quantitative estimate of drug-likeness (QED) is 0.613. The van der Waals surface area contributed by atoms with E-state index in [0.717, 1.165) is 11.1 Å². The molecular formula is C21H20N4O4. The van der Waals surface area contributed by atoms with Gasteiger partial charge in [-0.3, -0.25) is 4.90 Å². The van der Waals surface area contributed by atoms with Crippen LogP contribution < -0.4 is 14.4 Å². The zero-order valence-electron chi connectivity index (χ0n) is 16.2. The topological polar surface area (TPSA) is 86.7 Å². The Morgan fingerprint density at radius 3 is 2.90 bits per heavy atom. The molecule has 0 atom stereocenters. The van der Waals surface area contributed by atoms with Crippen molar-refractivity contribution in [3.05, 3.63) is 65.5 Å². The summed E-state index contributed by atoms with van der Waals surface area (Å²) in [6, 6.07) is 11.0. The second-order valence-electron chi connectivity index (χ2n) is 6.43. The first-order valence-electron chi connectivity index (χ1n) is 9.11. The van der Waals surface area contributed by atoms with Crippen LogP contribution in [0.5, 0.6) is 11.6 Å². The van der Waals surface area contributed by atoms with E-state index >= 15 is 0 Å². The van der Waals surface area contributed by atoms with Crippen molar-refractivity contribution in [3.8, 4) is 11.6 Å². The summed E-state index contributed by atoms with van der Waals surface area (Å²) in [5.41, 5.74) is 2.48. The minimum absolute atomic E-state index is 0.354. The second-order valence-corrected chi connectivity index (χ2v) is 6.43. The second kappa shape index (κ2) is 8.14. The van der Waals surface area contributed by atoms with E-state index in [1.807, 2.05) is 29.2 Å². The van der Waals surface area contributed by atoms with Gasteiger partial charge in [-0.25, -0.2) is 14.8 Å². The van der Waals surface area contributed by atoms with Crippen LogP contribution in [0.4, 0.5) is 11.8 Å². The molecule has 0 bridgehead atoms. The summed E-state index contributed by atoms with van der Waals surface area (Å²) < 4.78 is 15.8. The van der Waals surface area contributed by atoms with E-state index in [-0.39, 0.29) is 5.97 Å². The highest BCUT2D eigenvalue weighted by atomic mass is 16.5. The maximum absolute atomic E-state index is 11.7. The van der Waals surface area contributed by atoms with E-state index in [2.05, 4.69) is 15.0 Å². The van der Waals surface area contributed by atoms with Gasteiger partial charge < -0.3 is 14.2 Å². The third-order valence-corrected chi connectivity index (χ3v) is 4.54. The molecule has 8 heteroatoms. The molecule has 0 aliphatic carbocycles. The molecule has 0 saturated carbocycles. The first kappa shape index (κ1) is 18.7. The number of carbonyl (C=O) groups is 1. The predicted molar refractivity (Wildman–Crippen MR) is 106 cm³/mol. The number of methoxy groups -OCH3 is 2. The smallest absolute Gasteiger partial charge is 0.337 e. The number of aromatic nitrogens is 3. The van der Waals surface area contributed by atoms with Gasteiger partial charge in [0.15, 0.2) is 11.6 Å². The first-order chi connectivity index (χ1) is 14.2. The third kappa shape index (κ3) is 3.96. The Morgan fingerprint density at radius 2 is 2.07 bits per heavy atom. The fraction of sp³-hybridized carbons (Fsp3) is 0.238. The lowest BCUT2D eigenvalue weighted by Gasteiger charge is -2.28. The van der Waals surface area contributed by atoms with Gasteiger partial charge in [0.2, 0.25) is 11.8 Å². The normalized spacial score (nSPS) is 12.7. The standard InChI is InChI=1S/C21H20N4O4/c1-27-18-6-7-22-21(24-18)25-8-9-29-17-12-15(13-23-19(17)25)10-14-4-3-5-16(11-14)20(26)28-2/h3-7,11-13H,8-10H2,1-2H3. The van der Waals surface area contributed by atoms with Crippen molar-refractivity contribution in [1.82, 2.24) is 15.0 Å². The van der Waals surface area contributed by atoms with Gasteiger partial charge in [0.25, 0.3) is 0 Å². The van der Waals surface area contributed by atoms with Crippen LogP contribution in [-0.4, -0.2) is 48.3 Å². The molecule has 3 aromatic rings. The van der Waals surface area contributed by atoms with Gasteiger partial charge in [0.1, 0.15) is 6.61 Å². The number of rotatable bonds is 5. The maximum atomic E-state index is 11.7. The lowest BCUT2D eigenvalue weighted by molar-refractivity contribution is 0.0600. The summed E-state index contributed by atoms with van der Waals surface area (Å²) in [6.07, 6.45) is 4.06. The van der Waals surface area contributed by atoms with Gasteiger partial charge in [0.05, 0.1) is 26.3 Å². The fourth-order valence-electron chi connectivity index (χ4n) is 3.17. The Morgan fingerprint density at radius 1 is 1.17 bits per heavy atom. The highest BCUT2D eigenvalue weighted by molar-refractivity contribution is 5.89. The van der Waals surface area contributed by atoms with Crippen LogP contribution in [0.1, 0.15) is 21.5 Å². The van der Waals surface area contributed by atoms with Crippen molar-refractivity contribution in [2.24, 2.45) is 0 Å². The Labute approximate surface area is 168 Å². The Kier molecular flexibility index (Phi) is 5.24. The summed E-state index contributed by atoms with van der Waals surface area (Å²) in [5, 5.41) is 0. The Balaban J connectivity index is 1.59. The van der Waals surface area contributed by atoms with E-state index in [4.69, 9.17) is 14.2 Å². The minimum Gasteiger partial charge on any atom is -0.488 e. The number of fused-ring (bicyclic) bond motifs is 1. The van der Waals surface area contributed by atoms with Crippen LogP contribution in [0, 0.1) is 0 Å². The molecule has 0 fully saturated rings. The highest BCUT2D eigenvalue weighted by Crippen LogP contribution is 2.34. The molecule has 3 heterocycles. The van der Waals surface area contributed by atoms with Gasteiger partial charge >= 0.3 is 5.97 Å². The van der Waals surface area contributed by atoms with E-state index < -0.39 is 0 Å². The SMILES string of the molecule is COC(=O)c1cccc(Cc2cnc3c(c2)OCCN3c2nccc(OC)n2)c1. The van der Waals surface area contributed by atoms with E-state index in [0.29, 0.717) is 48.5 Å². The number of hydrogen-bond acceptors (Lipinski definition) is 8. The molecule has 2 aromatic heterocycles. The van der Waals surface area contributed by atoms with Gasteiger partial charge in [-0.2, -0.15) is 4.98 Å². The molecule has 0 radical (unpaired) electrons. The average Bonchev–Trinajstić information content (AvgIpc) is 2.78. The molecule has 0 amide bonds. The van der Waals surface area contributed by atoms with Gasteiger partial charge in [-0.1, -0.05) is 12.1 Å². The Bertz CT molecular complexity index is 1040. The number of anilines is 2. The number of hydrogen-bond donors (Lipinski definition) is 0. The van der Waals surface area contributed by atoms with Crippen molar-refractivity contribution in [2.75, 3.05) is 32.3 Å². The summed E-state index contributed by atoms with van der Waals surface area (Å²) in [7, 11) is 2.94. The third-order valence-electron chi connectivity index (χ3n) is 4.54. The summed E-state index contributed by atoms with van der Waals surface area (Å²) in [6.45, 7) is 1.09. The largest absolute Gasteiger partial charge is 0.488 e. The number of nitrogens with zero attached hydrogens (tertiary/aromatic N) is 4. The predicted octanol–water partition coefficient (Wildman–Crippen LogP) is 2.79. The van der Waals surface area contributed by atoms with E-state index in [9.17, 15) is 4.79 Å². The molecular weight excluding hydrogens is 372 g/mol. The first-order valence-corrected chi connectivity index (χ1v) is 9.11. The zero-order valence-corrected chi connectivity index (χ0v) is 16.2. The minimum atomic E-state index is -0.354. The van der Waals surface area contributed by atoms with Crippen molar-refractivity contribution in [3.63, 3.8) is 0 Å². The molecule has 1 aliphatic heterocycles. The van der Waals surface area contributed by atoms with Crippen molar-refractivity contribution < 1.29 is 19.0 Å². The van der Waals surface area contributed by atoms with Crippen LogP contribution in [0.3, 0.4) is 0 Å². The number of pyridine rings is 1. The number of ether oxygens (including phenoxy) is 3. The molecule has 29 heavy (non-hydrogen) atoms. The summed E-state index contributed by atoms with van der Waals surface area (Å²) in [5.74, 6) is 1.98. The maximum Gasteiger partial charge on any atom is 0.337 e. The fourth-order valence-corrected chi connectivity index (χ4v) is 3.17. The number of esters is 1. The van der Waals surface area contributed by atoms with Gasteiger partial charge in [-0.15, -0.1) is 0 Å². The lowest BCUT2D eigenvalue weighted by Crippen LogP contribution is -2.31.